The minimum Gasteiger partial charge on any atom is -0.497 e. The van der Waals surface area contributed by atoms with E-state index in [0.29, 0.717) is 35.5 Å². The molecule has 1 amide bonds. The molecule has 382 valence electrons. The molecule has 3 fully saturated rings. The van der Waals surface area contributed by atoms with Gasteiger partial charge < -0.3 is 43.5 Å². The van der Waals surface area contributed by atoms with Gasteiger partial charge in [-0.25, -0.2) is 28.3 Å². The number of nitrogens with zero attached hydrogens (tertiary/aromatic N) is 7. The lowest BCUT2D eigenvalue weighted by atomic mass is 9.81. The maximum Gasteiger partial charge on any atom is 0.417 e. The molecule has 5 atom stereocenters. The molecule has 9 rings (SSSR count). The molecule has 2 aromatic heterocycles. The number of carbonyl (C=O) groups is 3. The summed E-state index contributed by atoms with van der Waals surface area (Å²) >= 11 is 0. The fraction of sp³-hybridized carbons (Fsp3) is 0.451. The highest BCUT2D eigenvalue weighted by molar-refractivity contribution is 5.99. The summed E-state index contributed by atoms with van der Waals surface area (Å²) in [5.41, 5.74) is -6.28. The average molecular weight is 1000 g/mol. The second kappa shape index (κ2) is 18.4. The molecule has 1 unspecified atom stereocenters. The summed E-state index contributed by atoms with van der Waals surface area (Å²) in [5.74, 6) is -4.37. The molecule has 0 spiro atoms. The molecule has 1 N–H and O–H groups in total. The van der Waals surface area contributed by atoms with Crippen LogP contribution in [-0.4, -0.2) is 113 Å². The third-order valence-electron chi connectivity index (χ3n) is 14.0. The van der Waals surface area contributed by atoms with Crippen molar-refractivity contribution in [1.82, 2.24) is 19.9 Å². The topological polar surface area (TPSA) is 169 Å². The van der Waals surface area contributed by atoms with E-state index in [0.717, 1.165) is 20.1 Å². The number of fused-ring (bicyclic) bond motifs is 5. The number of pyridine rings is 1. The zero-order chi connectivity index (χ0) is 51.8. The molecule has 0 aliphatic carbocycles. The lowest BCUT2D eigenvalue weighted by Gasteiger charge is -2.50. The van der Waals surface area contributed by atoms with Gasteiger partial charge in [-0.3, -0.25) is 9.69 Å². The fourth-order valence-corrected chi connectivity index (χ4v) is 10.7. The van der Waals surface area contributed by atoms with Crippen molar-refractivity contribution in [1.29, 1.82) is 0 Å². The van der Waals surface area contributed by atoms with E-state index in [2.05, 4.69) is 9.97 Å². The number of halogens is 5. The summed E-state index contributed by atoms with van der Waals surface area (Å²) in [6, 6.07) is 12.9. The monoisotopic (exact) mass is 1000 g/mol. The number of aliphatic carboxylic acids is 1. The Morgan fingerprint density at radius 3 is 2.06 bits per heavy atom. The molecule has 5 aromatic rings. The number of anilines is 3. The van der Waals surface area contributed by atoms with E-state index in [1.165, 1.54) is 24.0 Å². The van der Waals surface area contributed by atoms with E-state index in [-0.39, 0.29) is 61.3 Å². The van der Waals surface area contributed by atoms with E-state index in [1.54, 1.807) is 81.1 Å². The van der Waals surface area contributed by atoms with Gasteiger partial charge in [0.25, 0.3) is 0 Å². The SMILES string of the molecule is COC(=O)C1(CC(=O)O)CCN1c1nc2c3c(nc(-c4cc(N(Cc5ccc(OC)cc5)Cc5ccc(OC)cc5)c(F)c(C)c4C(F)(F)F)c(F)c3n1)O[C@@H](C)[C@@H]1[C@@H]3CC[C@H](CN21)N3C(=O)OC(C)(C)C. The quantitative estimate of drug-likeness (QED) is 0.0929. The van der Waals surface area contributed by atoms with Crippen LogP contribution in [0.2, 0.25) is 0 Å². The molecule has 21 heteroatoms. The van der Waals surface area contributed by atoms with Crippen LogP contribution in [0.4, 0.5) is 44.2 Å². The lowest BCUT2D eigenvalue weighted by molar-refractivity contribution is -0.155. The van der Waals surface area contributed by atoms with Crippen LogP contribution in [0.5, 0.6) is 17.4 Å². The maximum atomic E-state index is 18.2. The van der Waals surface area contributed by atoms with E-state index in [4.69, 9.17) is 28.7 Å². The van der Waals surface area contributed by atoms with Crippen molar-refractivity contribution in [2.75, 3.05) is 49.1 Å². The van der Waals surface area contributed by atoms with Crippen LogP contribution in [0.1, 0.15) is 75.6 Å². The highest BCUT2D eigenvalue weighted by Gasteiger charge is 2.57. The van der Waals surface area contributed by atoms with Crippen LogP contribution in [0.25, 0.3) is 22.2 Å². The van der Waals surface area contributed by atoms with Gasteiger partial charge in [-0.1, -0.05) is 24.3 Å². The standard InChI is InChI=1S/C51H54F5N7O9/c1-26-38(51(54,55)56)33(21-35(39(26)52)60(23-28-9-14-31(68-6)15-10-28)24-29-11-16-32(69-7)17-12-29)41-40(53)42-37-44(59-47(58-42)62-20-19-50(62,22-36(64)65)46(66)70-8)61-25-30-13-18-34(43(61)27(2)71-45(37)57-41)63(30)48(67)72-49(3,4)5/h9-12,14-17,21,27,30,34,43H,13,18-20,22-25H2,1-8H3,(H,64,65)/t27-,30+,34-,43+,50?/m0/s1. The van der Waals surface area contributed by atoms with Gasteiger partial charge >= 0.3 is 24.2 Å². The largest absolute Gasteiger partial charge is 0.497 e. The van der Waals surface area contributed by atoms with Crippen molar-refractivity contribution in [3.05, 3.63) is 88.5 Å². The zero-order valence-corrected chi connectivity index (χ0v) is 40.9. The Bertz CT molecular complexity index is 2910. The van der Waals surface area contributed by atoms with Crippen molar-refractivity contribution in [2.24, 2.45) is 0 Å². The molecule has 2 bridgehead atoms. The number of amides is 1. The second-order valence-corrected chi connectivity index (χ2v) is 19.6. The van der Waals surface area contributed by atoms with Crippen LogP contribution >= 0.6 is 0 Å². The summed E-state index contributed by atoms with van der Waals surface area (Å²) in [6.45, 7) is 8.00. The lowest BCUT2D eigenvalue weighted by Crippen LogP contribution is -2.67. The summed E-state index contributed by atoms with van der Waals surface area (Å²) in [6.07, 6.45) is -6.42. The molecule has 4 aliphatic heterocycles. The fourth-order valence-electron chi connectivity index (χ4n) is 10.7. The first-order chi connectivity index (χ1) is 34.1. The summed E-state index contributed by atoms with van der Waals surface area (Å²) < 4.78 is 110. The molecule has 4 aliphatic rings. The predicted octanol–water partition coefficient (Wildman–Crippen LogP) is 8.86. The number of ether oxygens (including phenoxy) is 5. The zero-order valence-electron chi connectivity index (χ0n) is 40.9. The Balaban J connectivity index is 1.27. The normalized spacial score (nSPS) is 21.3. The van der Waals surface area contributed by atoms with Crippen LogP contribution < -0.4 is 28.9 Å². The number of aromatic nitrogens is 3. The first-order valence-electron chi connectivity index (χ1n) is 23.4. The van der Waals surface area contributed by atoms with Crippen molar-refractivity contribution >= 4 is 46.4 Å². The number of esters is 1. The molecule has 3 saturated heterocycles. The van der Waals surface area contributed by atoms with Gasteiger partial charge in [0.15, 0.2) is 11.4 Å². The number of benzene rings is 3. The van der Waals surface area contributed by atoms with Gasteiger partial charge in [0.2, 0.25) is 11.8 Å². The van der Waals surface area contributed by atoms with Gasteiger partial charge in [-0.05, 0) is 101 Å². The number of hydrogen-bond acceptors (Lipinski definition) is 14. The molecular weight excluding hydrogens is 950 g/mol. The maximum absolute atomic E-state index is 18.2. The molecule has 16 nitrogen and oxygen atoms in total. The molecule has 0 saturated carbocycles. The van der Waals surface area contributed by atoms with Gasteiger partial charge in [0, 0.05) is 31.7 Å². The Morgan fingerprint density at radius 1 is 0.903 bits per heavy atom. The minimum absolute atomic E-state index is 0.00433. The second-order valence-electron chi connectivity index (χ2n) is 19.6. The van der Waals surface area contributed by atoms with Gasteiger partial charge in [0.1, 0.15) is 51.4 Å². The minimum atomic E-state index is -5.26. The average Bonchev–Trinajstić information content (AvgIpc) is 3.57. The number of carboxylic acid groups (broad SMARTS) is 1. The first-order valence-corrected chi connectivity index (χ1v) is 23.4. The number of carbonyl (C=O) groups excluding carboxylic acids is 2. The van der Waals surface area contributed by atoms with E-state index < -0.39 is 106 Å². The Hall–Kier alpha value is -7.19. The van der Waals surface area contributed by atoms with E-state index in [1.807, 2.05) is 4.90 Å². The summed E-state index contributed by atoms with van der Waals surface area (Å²) in [5, 5.41) is 9.92. The third kappa shape index (κ3) is 8.73. The first kappa shape index (κ1) is 49.8. The highest BCUT2D eigenvalue weighted by atomic mass is 19.4. The molecule has 3 aromatic carbocycles. The van der Waals surface area contributed by atoms with E-state index in [9.17, 15) is 19.5 Å². The number of rotatable bonds is 12. The third-order valence-corrected chi connectivity index (χ3v) is 14.0. The van der Waals surface area contributed by atoms with Crippen LogP contribution in [0, 0.1) is 18.6 Å². The highest BCUT2D eigenvalue weighted by Crippen LogP contribution is 2.50. The van der Waals surface area contributed by atoms with Crippen molar-refractivity contribution in [3.8, 4) is 28.6 Å². The number of methoxy groups -OCH3 is 3. The number of piperazine rings is 1. The van der Waals surface area contributed by atoms with Gasteiger partial charge in [0.05, 0.1) is 57.1 Å². The van der Waals surface area contributed by atoms with Crippen LogP contribution in [0.15, 0.2) is 54.6 Å². The molecule has 72 heavy (non-hydrogen) atoms. The number of alkyl halides is 3. The predicted molar refractivity (Wildman–Crippen MR) is 253 cm³/mol. The van der Waals surface area contributed by atoms with Crippen molar-refractivity contribution in [2.45, 2.75) is 115 Å². The molecule has 0 radical (unpaired) electrons. The van der Waals surface area contributed by atoms with Gasteiger partial charge in [-0.15, -0.1) is 0 Å². The Kier molecular flexibility index (Phi) is 12.8. The van der Waals surface area contributed by atoms with Crippen molar-refractivity contribution in [3.63, 3.8) is 0 Å². The number of carboxylic acids is 1. The van der Waals surface area contributed by atoms with Gasteiger partial charge in [-0.2, -0.15) is 18.2 Å². The van der Waals surface area contributed by atoms with Crippen molar-refractivity contribution < 1.29 is 65.1 Å². The van der Waals surface area contributed by atoms with E-state index >= 15 is 22.0 Å². The molecular formula is C51H54F5N7O9. The summed E-state index contributed by atoms with van der Waals surface area (Å²) in [7, 11) is 4.09. The Morgan fingerprint density at radius 2 is 1.53 bits per heavy atom. The summed E-state index contributed by atoms with van der Waals surface area (Å²) in [4.78, 5) is 60.1. The van der Waals surface area contributed by atoms with Crippen LogP contribution in [-0.2, 0) is 38.3 Å². The van der Waals surface area contributed by atoms with Crippen LogP contribution in [0.3, 0.4) is 0 Å². The Labute approximate surface area is 411 Å². The molecule has 6 heterocycles. The smallest absolute Gasteiger partial charge is 0.417 e. The number of hydrogen-bond donors (Lipinski definition) is 1.